The highest BCUT2D eigenvalue weighted by molar-refractivity contribution is 8.00. The first-order valence-corrected chi connectivity index (χ1v) is 14.8. The van der Waals surface area contributed by atoms with Gasteiger partial charge in [-0.05, 0) is 41.8 Å². The van der Waals surface area contributed by atoms with Crippen molar-refractivity contribution in [3.63, 3.8) is 0 Å². The van der Waals surface area contributed by atoms with E-state index in [1.54, 1.807) is 68.7 Å². The number of carbonyl (C=O) groups is 2. The van der Waals surface area contributed by atoms with Crippen LogP contribution in [0.5, 0.6) is 0 Å². The van der Waals surface area contributed by atoms with E-state index in [4.69, 9.17) is 11.6 Å². The Kier molecular flexibility index (Phi) is 7.55. The Morgan fingerprint density at radius 1 is 1.08 bits per heavy atom. The Bertz CT molecular complexity index is 1380. The van der Waals surface area contributed by atoms with Gasteiger partial charge in [0.25, 0.3) is 10.0 Å². The molecule has 0 bridgehead atoms. The van der Waals surface area contributed by atoms with E-state index < -0.39 is 26.9 Å². The van der Waals surface area contributed by atoms with E-state index >= 15 is 0 Å². The topological polar surface area (TPSA) is 104 Å². The van der Waals surface area contributed by atoms with Gasteiger partial charge >= 0.3 is 5.97 Å². The molecule has 0 saturated heterocycles. The molecular formula is C25H25ClN2O5S3. The minimum atomic E-state index is -4.15. The second-order valence-corrected chi connectivity index (χ2v) is 13.3. The third-order valence-electron chi connectivity index (χ3n) is 6.31. The summed E-state index contributed by atoms with van der Waals surface area (Å²) in [6, 6.07) is 19.2. The van der Waals surface area contributed by atoms with Crippen LogP contribution in [0, 0.1) is 0 Å². The molecule has 4 rings (SSSR count). The van der Waals surface area contributed by atoms with Crippen LogP contribution in [0.4, 0.5) is 0 Å². The first-order chi connectivity index (χ1) is 17.0. The van der Waals surface area contributed by atoms with Crippen LogP contribution in [-0.2, 0) is 25.0 Å². The molecule has 3 aromatic rings. The molecule has 1 saturated carbocycles. The number of halogens is 1. The summed E-state index contributed by atoms with van der Waals surface area (Å²) in [6.07, 6.45) is 0.0805. The summed E-state index contributed by atoms with van der Waals surface area (Å²) < 4.78 is 29.4. The molecule has 1 fully saturated rings. The van der Waals surface area contributed by atoms with Gasteiger partial charge in [-0.15, -0.1) is 11.3 Å². The zero-order valence-electron chi connectivity index (χ0n) is 19.6. The molecule has 1 amide bonds. The number of rotatable bonds is 10. The summed E-state index contributed by atoms with van der Waals surface area (Å²) in [4.78, 5) is 26.9. The Morgan fingerprint density at radius 3 is 2.36 bits per heavy atom. The molecule has 7 nitrogen and oxygen atoms in total. The SMILES string of the molecule is CN(C)C(=O)CSC[C@@]1(c2ccccc2)C[C@]1(NS(=O)(=O)c1ccc(-c2ccc(Cl)cc2)s1)C(=O)O. The van der Waals surface area contributed by atoms with E-state index in [-0.39, 0.29) is 28.0 Å². The summed E-state index contributed by atoms with van der Waals surface area (Å²) in [5.41, 5.74) is -1.20. The lowest BCUT2D eigenvalue weighted by atomic mass is 9.92. The largest absolute Gasteiger partial charge is 0.480 e. The highest BCUT2D eigenvalue weighted by Gasteiger charge is 2.74. The number of carboxylic acid groups (broad SMARTS) is 1. The van der Waals surface area contributed by atoms with Crippen LogP contribution in [0.3, 0.4) is 0 Å². The number of nitrogens with one attached hydrogen (secondary N) is 1. The third-order valence-corrected chi connectivity index (χ3v) is 10.8. The lowest BCUT2D eigenvalue weighted by molar-refractivity contribution is -0.140. The van der Waals surface area contributed by atoms with Crippen molar-refractivity contribution in [1.82, 2.24) is 9.62 Å². The monoisotopic (exact) mass is 564 g/mol. The molecule has 2 aromatic carbocycles. The molecule has 1 heterocycles. The molecule has 0 unspecified atom stereocenters. The molecule has 2 N–H and O–H groups in total. The minimum absolute atomic E-state index is 0.0253. The second kappa shape index (κ2) is 10.2. The van der Waals surface area contributed by atoms with Crippen LogP contribution >= 0.6 is 34.7 Å². The first kappa shape index (κ1) is 26.7. The predicted octanol–water partition coefficient (Wildman–Crippen LogP) is 4.33. The van der Waals surface area contributed by atoms with Crippen molar-refractivity contribution in [2.24, 2.45) is 0 Å². The number of thioether (sulfide) groups is 1. The van der Waals surface area contributed by atoms with E-state index in [0.29, 0.717) is 10.6 Å². The highest BCUT2D eigenvalue weighted by atomic mass is 35.5. The number of carbonyl (C=O) groups excluding carboxylic acids is 1. The number of hydrogen-bond donors (Lipinski definition) is 2. The summed E-state index contributed by atoms with van der Waals surface area (Å²) in [7, 11) is -0.843. The average Bonchev–Trinajstić information content (AvgIpc) is 3.22. The maximum Gasteiger partial charge on any atom is 0.325 e. The van der Waals surface area contributed by atoms with Gasteiger partial charge in [0, 0.05) is 35.2 Å². The summed E-state index contributed by atoms with van der Waals surface area (Å²) >= 11 is 8.31. The fraction of sp³-hybridized carbons (Fsp3) is 0.280. The number of sulfonamides is 1. The molecule has 1 aliphatic carbocycles. The van der Waals surface area contributed by atoms with Gasteiger partial charge < -0.3 is 10.0 Å². The van der Waals surface area contributed by atoms with Crippen LogP contribution in [0.2, 0.25) is 5.02 Å². The molecule has 1 aromatic heterocycles. The Labute approximate surface area is 223 Å². The highest BCUT2D eigenvalue weighted by Crippen LogP contribution is 2.60. The van der Waals surface area contributed by atoms with E-state index in [1.807, 2.05) is 6.07 Å². The number of carboxylic acids is 1. The average molecular weight is 565 g/mol. The number of aliphatic carboxylic acids is 1. The molecule has 11 heteroatoms. The molecule has 0 aliphatic heterocycles. The molecule has 190 valence electrons. The van der Waals surface area contributed by atoms with Crippen molar-refractivity contribution in [1.29, 1.82) is 0 Å². The molecule has 36 heavy (non-hydrogen) atoms. The predicted molar refractivity (Wildman–Crippen MR) is 144 cm³/mol. The summed E-state index contributed by atoms with van der Waals surface area (Å²) in [6.45, 7) is 0. The lowest BCUT2D eigenvalue weighted by Gasteiger charge is -2.24. The van der Waals surface area contributed by atoms with Gasteiger partial charge in [-0.2, -0.15) is 16.5 Å². The van der Waals surface area contributed by atoms with E-state index in [1.165, 1.54) is 22.7 Å². The number of thiophene rings is 1. The minimum Gasteiger partial charge on any atom is -0.480 e. The van der Waals surface area contributed by atoms with Gasteiger partial charge in [0.15, 0.2) is 0 Å². The van der Waals surface area contributed by atoms with Crippen LogP contribution in [0.25, 0.3) is 10.4 Å². The van der Waals surface area contributed by atoms with Crippen LogP contribution in [0.1, 0.15) is 12.0 Å². The number of hydrogen-bond acceptors (Lipinski definition) is 6. The Balaban J connectivity index is 1.64. The van der Waals surface area contributed by atoms with E-state index in [2.05, 4.69) is 4.72 Å². The third kappa shape index (κ3) is 5.05. The van der Waals surface area contributed by atoms with Gasteiger partial charge in [0.1, 0.15) is 9.75 Å². The van der Waals surface area contributed by atoms with Gasteiger partial charge in [-0.1, -0.05) is 54.1 Å². The molecular weight excluding hydrogens is 540 g/mol. The normalized spacial score (nSPS) is 21.2. The number of benzene rings is 2. The maximum absolute atomic E-state index is 13.4. The molecule has 1 aliphatic rings. The fourth-order valence-electron chi connectivity index (χ4n) is 4.18. The van der Waals surface area contributed by atoms with Crippen molar-refractivity contribution in [2.75, 3.05) is 25.6 Å². The second-order valence-electron chi connectivity index (χ2n) is 8.85. The van der Waals surface area contributed by atoms with Crippen molar-refractivity contribution in [2.45, 2.75) is 21.6 Å². The standard InChI is InChI=1S/C25H25ClN2O5S3/c1-28(2)21(29)14-34-16-24(18-6-4-3-5-7-18)15-25(24,23(30)31)27-36(32,33)22-13-12-20(35-22)17-8-10-19(26)11-9-17/h3-13,27H,14-16H2,1-2H3,(H,30,31)/t24-,25+/m1/s1. The van der Waals surface area contributed by atoms with Gasteiger partial charge in [0.2, 0.25) is 5.91 Å². The maximum atomic E-state index is 13.4. The fourth-order valence-corrected chi connectivity index (χ4v) is 8.45. The number of amides is 1. The quantitative estimate of drug-likeness (QED) is 0.380. The zero-order chi connectivity index (χ0) is 26.1. The molecule has 2 atom stereocenters. The summed E-state index contributed by atoms with van der Waals surface area (Å²) in [5, 5.41) is 10.9. The Morgan fingerprint density at radius 2 is 1.75 bits per heavy atom. The van der Waals surface area contributed by atoms with Gasteiger partial charge in [-0.3, -0.25) is 9.59 Å². The summed E-state index contributed by atoms with van der Waals surface area (Å²) in [5.74, 6) is -0.909. The van der Waals surface area contributed by atoms with Crippen LogP contribution < -0.4 is 4.72 Å². The van der Waals surface area contributed by atoms with Crippen molar-refractivity contribution in [3.8, 4) is 10.4 Å². The Hall–Kier alpha value is -2.37. The van der Waals surface area contributed by atoms with Crippen molar-refractivity contribution < 1.29 is 23.1 Å². The zero-order valence-corrected chi connectivity index (χ0v) is 22.8. The van der Waals surface area contributed by atoms with E-state index in [9.17, 15) is 23.1 Å². The van der Waals surface area contributed by atoms with Crippen LogP contribution in [0.15, 0.2) is 70.9 Å². The van der Waals surface area contributed by atoms with Crippen molar-refractivity contribution in [3.05, 3.63) is 77.3 Å². The van der Waals surface area contributed by atoms with E-state index in [0.717, 1.165) is 21.8 Å². The number of nitrogens with zero attached hydrogens (tertiary/aromatic N) is 1. The van der Waals surface area contributed by atoms with Gasteiger partial charge in [-0.25, -0.2) is 8.42 Å². The van der Waals surface area contributed by atoms with Gasteiger partial charge in [0.05, 0.1) is 5.75 Å². The van der Waals surface area contributed by atoms with Crippen molar-refractivity contribution >= 4 is 56.6 Å². The molecule has 0 radical (unpaired) electrons. The molecule has 0 spiro atoms. The lowest BCUT2D eigenvalue weighted by Crippen LogP contribution is -2.49. The van der Waals surface area contributed by atoms with Crippen LogP contribution in [-0.4, -0.2) is 61.4 Å². The first-order valence-electron chi connectivity index (χ1n) is 11.0. The smallest absolute Gasteiger partial charge is 0.325 e.